The lowest BCUT2D eigenvalue weighted by atomic mass is 9.49. The third-order valence-corrected chi connectivity index (χ3v) is 6.18. The SMILES string of the molecule is N#Cc1ccc(NC(=O)C23CC4CC(CC(C4)C2)C3)c(Cl)c1. The first-order chi connectivity index (χ1) is 10.6. The summed E-state index contributed by atoms with van der Waals surface area (Å²) in [5.74, 6) is 2.37. The van der Waals surface area contributed by atoms with E-state index in [-0.39, 0.29) is 11.3 Å². The monoisotopic (exact) mass is 314 g/mol. The van der Waals surface area contributed by atoms with Gasteiger partial charge in [-0.25, -0.2) is 0 Å². The Morgan fingerprint density at radius 1 is 1.18 bits per heavy atom. The molecule has 5 rings (SSSR count). The fourth-order valence-corrected chi connectivity index (χ4v) is 5.56. The van der Waals surface area contributed by atoms with E-state index >= 15 is 0 Å². The van der Waals surface area contributed by atoms with Crippen LogP contribution in [0.15, 0.2) is 18.2 Å². The van der Waals surface area contributed by atoms with Gasteiger partial charge in [0.15, 0.2) is 0 Å². The third-order valence-electron chi connectivity index (χ3n) is 5.87. The van der Waals surface area contributed by atoms with Crippen molar-refractivity contribution in [1.29, 1.82) is 5.26 Å². The highest BCUT2D eigenvalue weighted by atomic mass is 35.5. The lowest BCUT2D eigenvalue weighted by Gasteiger charge is -2.55. The second kappa shape index (κ2) is 4.99. The number of benzene rings is 1. The molecule has 4 aliphatic rings. The molecule has 114 valence electrons. The van der Waals surface area contributed by atoms with E-state index in [0.29, 0.717) is 16.3 Å². The Kier molecular flexibility index (Phi) is 3.20. The summed E-state index contributed by atoms with van der Waals surface area (Å²) in [7, 11) is 0. The molecule has 3 nitrogen and oxygen atoms in total. The van der Waals surface area contributed by atoms with Crippen LogP contribution in [0.3, 0.4) is 0 Å². The van der Waals surface area contributed by atoms with Crippen molar-refractivity contribution >= 4 is 23.2 Å². The smallest absolute Gasteiger partial charge is 0.230 e. The van der Waals surface area contributed by atoms with E-state index in [1.807, 2.05) is 0 Å². The van der Waals surface area contributed by atoms with Crippen LogP contribution in [0.4, 0.5) is 5.69 Å². The summed E-state index contributed by atoms with van der Waals surface area (Å²) >= 11 is 6.19. The average molecular weight is 315 g/mol. The molecule has 4 saturated carbocycles. The van der Waals surface area contributed by atoms with Crippen molar-refractivity contribution < 1.29 is 4.79 Å². The highest BCUT2D eigenvalue weighted by Gasteiger charge is 2.54. The molecular formula is C18H19ClN2O. The van der Waals surface area contributed by atoms with Gasteiger partial charge in [0.1, 0.15) is 0 Å². The predicted octanol–water partition coefficient (Wildman–Crippen LogP) is 4.37. The number of halogens is 1. The topological polar surface area (TPSA) is 52.9 Å². The Labute approximate surface area is 135 Å². The van der Waals surface area contributed by atoms with Crippen molar-refractivity contribution in [3.63, 3.8) is 0 Å². The first-order valence-corrected chi connectivity index (χ1v) is 8.47. The van der Waals surface area contributed by atoms with Crippen LogP contribution in [0, 0.1) is 34.5 Å². The van der Waals surface area contributed by atoms with E-state index in [0.717, 1.165) is 37.0 Å². The number of amides is 1. The zero-order valence-corrected chi connectivity index (χ0v) is 13.2. The number of rotatable bonds is 2. The summed E-state index contributed by atoms with van der Waals surface area (Å²) < 4.78 is 0. The first-order valence-electron chi connectivity index (χ1n) is 8.09. The van der Waals surface area contributed by atoms with E-state index in [1.54, 1.807) is 18.2 Å². The lowest BCUT2D eigenvalue weighted by Crippen LogP contribution is -2.51. The first kappa shape index (κ1) is 14.1. The molecule has 0 atom stereocenters. The molecule has 4 aliphatic carbocycles. The molecule has 0 spiro atoms. The number of hydrogen-bond acceptors (Lipinski definition) is 2. The van der Waals surface area contributed by atoms with Gasteiger partial charge >= 0.3 is 0 Å². The van der Waals surface area contributed by atoms with Gasteiger partial charge in [0.05, 0.1) is 27.8 Å². The van der Waals surface area contributed by atoms with Gasteiger partial charge in [-0.05, 0) is 74.5 Å². The lowest BCUT2D eigenvalue weighted by molar-refractivity contribution is -0.140. The standard InChI is InChI=1S/C18H19ClN2O/c19-15-6-11(10-20)1-2-16(15)21-17(22)18-7-12-3-13(8-18)5-14(4-12)9-18/h1-2,6,12-14H,3-5,7-9H2,(H,21,22). The minimum Gasteiger partial charge on any atom is -0.324 e. The maximum Gasteiger partial charge on any atom is 0.230 e. The molecule has 1 aromatic carbocycles. The van der Waals surface area contributed by atoms with Crippen LogP contribution >= 0.6 is 11.6 Å². The van der Waals surface area contributed by atoms with Gasteiger partial charge in [0, 0.05) is 0 Å². The van der Waals surface area contributed by atoms with Crippen LogP contribution in [0.2, 0.25) is 5.02 Å². The quantitative estimate of drug-likeness (QED) is 0.881. The molecule has 0 radical (unpaired) electrons. The molecule has 4 fully saturated rings. The van der Waals surface area contributed by atoms with Crippen molar-refractivity contribution in [2.75, 3.05) is 5.32 Å². The molecule has 0 heterocycles. The molecule has 0 aromatic heterocycles. The van der Waals surface area contributed by atoms with Crippen molar-refractivity contribution in [2.45, 2.75) is 38.5 Å². The average Bonchev–Trinajstić information content (AvgIpc) is 2.47. The van der Waals surface area contributed by atoms with Crippen LogP contribution < -0.4 is 5.32 Å². The number of anilines is 1. The van der Waals surface area contributed by atoms with Gasteiger partial charge in [-0.15, -0.1) is 0 Å². The van der Waals surface area contributed by atoms with Gasteiger partial charge < -0.3 is 5.32 Å². The summed E-state index contributed by atoms with van der Waals surface area (Å²) in [6.45, 7) is 0. The van der Waals surface area contributed by atoms with Crippen LogP contribution in [0.25, 0.3) is 0 Å². The summed E-state index contributed by atoms with van der Waals surface area (Å²) in [6.07, 6.45) is 7.09. The van der Waals surface area contributed by atoms with Gasteiger partial charge in [-0.1, -0.05) is 11.6 Å². The third kappa shape index (κ3) is 2.21. The number of nitrogens with zero attached hydrogens (tertiary/aromatic N) is 1. The van der Waals surface area contributed by atoms with Crippen molar-refractivity contribution in [2.24, 2.45) is 23.2 Å². The Bertz CT molecular complexity index is 641. The summed E-state index contributed by atoms with van der Waals surface area (Å²) in [5.41, 5.74) is 0.964. The largest absolute Gasteiger partial charge is 0.324 e. The highest BCUT2D eigenvalue weighted by Crippen LogP contribution is 2.60. The second-order valence-electron chi connectivity index (χ2n) is 7.46. The molecule has 1 aromatic rings. The van der Waals surface area contributed by atoms with Crippen molar-refractivity contribution in [3.8, 4) is 6.07 Å². The van der Waals surface area contributed by atoms with Crippen molar-refractivity contribution in [3.05, 3.63) is 28.8 Å². The Morgan fingerprint density at radius 3 is 2.27 bits per heavy atom. The van der Waals surface area contributed by atoms with Crippen molar-refractivity contribution in [1.82, 2.24) is 0 Å². The fraction of sp³-hybridized carbons (Fsp3) is 0.556. The number of hydrogen-bond donors (Lipinski definition) is 1. The van der Waals surface area contributed by atoms with Gasteiger partial charge in [0.25, 0.3) is 0 Å². The Hall–Kier alpha value is -1.53. The second-order valence-corrected chi connectivity index (χ2v) is 7.87. The number of nitrogens with one attached hydrogen (secondary N) is 1. The minimum atomic E-state index is -0.175. The molecule has 0 saturated heterocycles. The van der Waals surface area contributed by atoms with Crippen LogP contribution in [-0.4, -0.2) is 5.91 Å². The Morgan fingerprint density at radius 2 is 1.77 bits per heavy atom. The maximum atomic E-state index is 12.9. The zero-order valence-electron chi connectivity index (χ0n) is 12.4. The van der Waals surface area contributed by atoms with E-state index in [2.05, 4.69) is 11.4 Å². The summed E-state index contributed by atoms with van der Waals surface area (Å²) in [5, 5.41) is 12.4. The van der Waals surface area contributed by atoms with E-state index in [9.17, 15) is 4.79 Å². The molecular weight excluding hydrogens is 296 g/mol. The molecule has 22 heavy (non-hydrogen) atoms. The van der Waals surface area contributed by atoms with Gasteiger partial charge in [-0.3, -0.25) is 4.79 Å². The maximum absolute atomic E-state index is 12.9. The minimum absolute atomic E-state index is 0.137. The van der Waals surface area contributed by atoms with Crippen LogP contribution in [0.5, 0.6) is 0 Å². The molecule has 4 bridgehead atoms. The normalized spacial score (nSPS) is 35.2. The fourth-order valence-electron chi connectivity index (χ4n) is 5.33. The zero-order chi connectivity index (χ0) is 15.3. The highest BCUT2D eigenvalue weighted by molar-refractivity contribution is 6.33. The number of nitriles is 1. The summed E-state index contributed by atoms with van der Waals surface area (Å²) in [6, 6.07) is 7.10. The number of carbonyl (C=O) groups excluding carboxylic acids is 1. The summed E-state index contributed by atoms with van der Waals surface area (Å²) in [4.78, 5) is 12.9. The van der Waals surface area contributed by atoms with E-state index in [1.165, 1.54) is 19.3 Å². The van der Waals surface area contributed by atoms with Gasteiger partial charge in [0.2, 0.25) is 5.91 Å². The van der Waals surface area contributed by atoms with Gasteiger partial charge in [-0.2, -0.15) is 5.26 Å². The number of carbonyl (C=O) groups is 1. The molecule has 0 unspecified atom stereocenters. The van der Waals surface area contributed by atoms with E-state index < -0.39 is 0 Å². The Balaban J connectivity index is 1.56. The molecule has 0 aliphatic heterocycles. The van der Waals surface area contributed by atoms with Crippen LogP contribution in [-0.2, 0) is 4.79 Å². The van der Waals surface area contributed by atoms with E-state index in [4.69, 9.17) is 16.9 Å². The van der Waals surface area contributed by atoms with Crippen LogP contribution in [0.1, 0.15) is 44.1 Å². The predicted molar refractivity (Wildman–Crippen MR) is 85.4 cm³/mol. The molecule has 1 amide bonds. The molecule has 1 N–H and O–H groups in total. The molecule has 4 heteroatoms.